The molecule has 0 spiro atoms. The Morgan fingerprint density at radius 1 is 1.08 bits per heavy atom. The summed E-state index contributed by atoms with van der Waals surface area (Å²) in [6, 6.07) is 15.4. The molecule has 1 amide bonds. The molecule has 2 aromatic carbocycles. The third-order valence-corrected chi connectivity index (χ3v) is 3.90. The summed E-state index contributed by atoms with van der Waals surface area (Å²) < 4.78 is 16.0. The van der Waals surface area contributed by atoms with E-state index in [1.165, 1.54) is 5.56 Å². The molecule has 5 heteroatoms. The van der Waals surface area contributed by atoms with Crippen molar-refractivity contribution in [3.05, 3.63) is 59.7 Å². The van der Waals surface area contributed by atoms with E-state index in [1.54, 1.807) is 20.3 Å². The van der Waals surface area contributed by atoms with Gasteiger partial charge in [0.05, 0.1) is 26.9 Å². The number of nitrogens with one attached hydrogen (secondary N) is 1. The van der Waals surface area contributed by atoms with Crippen LogP contribution in [0.5, 0.6) is 11.5 Å². The number of hydrogen-bond acceptors (Lipinski definition) is 4. The second-order valence-corrected chi connectivity index (χ2v) is 5.69. The van der Waals surface area contributed by atoms with Crippen molar-refractivity contribution >= 4 is 5.91 Å². The van der Waals surface area contributed by atoms with Crippen LogP contribution in [0.4, 0.5) is 0 Å². The second-order valence-electron chi connectivity index (χ2n) is 5.69. The van der Waals surface area contributed by atoms with Gasteiger partial charge in [-0.3, -0.25) is 4.79 Å². The molecule has 0 aliphatic heterocycles. The summed E-state index contributed by atoms with van der Waals surface area (Å²) in [5.74, 6) is 1.24. The molecule has 134 valence electrons. The molecule has 0 aromatic heterocycles. The first-order valence-corrected chi connectivity index (χ1v) is 8.27. The van der Waals surface area contributed by atoms with Gasteiger partial charge in [-0.25, -0.2) is 0 Å². The molecular weight excluding hydrogens is 318 g/mol. The van der Waals surface area contributed by atoms with Gasteiger partial charge in [0, 0.05) is 11.6 Å². The molecule has 0 aliphatic carbocycles. The van der Waals surface area contributed by atoms with Gasteiger partial charge in [-0.2, -0.15) is 0 Å². The Morgan fingerprint density at radius 2 is 1.84 bits per heavy atom. The number of benzene rings is 2. The van der Waals surface area contributed by atoms with E-state index in [0.29, 0.717) is 18.1 Å². The molecule has 0 fully saturated rings. The van der Waals surface area contributed by atoms with Crippen molar-refractivity contribution in [1.29, 1.82) is 0 Å². The Morgan fingerprint density at radius 3 is 2.52 bits per heavy atom. The summed E-state index contributed by atoms with van der Waals surface area (Å²) in [4.78, 5) is 12.1. The lowest BCUT2D eigenvalue weighted by Crippen LogP contribution is -2.30. The number of hydrogen-bond donors (Lipinski definition) is 1. The Hall–Kier alpha value is -2.53. The highest BCUT2D eigenvalue weighted by atomic mass is 16.5. The highest BCUT2D eigenvalue weighted by molar-refractivity contribution is 5.77. The Bertz CT molecular complexity index is 673. The average molecular weight is 343 g/mol. The van der Waals surface area contributed by atoms with Crippen LogP contribution in [0.3, 0.4) is 0 Å². The van der Waals surface area contributed by atoms with E-state index in [2.05, 4.69) is 5.32 Å². The molecule has 0 heterocycles. The van der Waals surface area contributed by atoms with E-state index < -0.39 is 0 Å². The highest BCUT2D eigenvalue weighted by Crippen LogP contribution is 2.29. The minimum atomic E-state index is -0.189. The summed E-state index contributed by atoms with van der Waals surface area (Å²) >= 11 is 0. The first-order chi connectivity index (χ1) is 12.1. The van der Waals surface area contributed by atoms with Crippen molar-refractivity contribution in [2.45, 2.75) is 19.4 Å². The molecule has 5 nitrogen and oxygen atoms in total. The van der Waals surface area contributed by atoms with E-state index in [0.717, 1.165) is 12.0 Å². The second kappa shape index (κ2) is 9.69. The first kappa shape index (κ1) is 18.8. The quantitative estimate of drug-likeness (QED) is 0.711. The van der Waals surface area contributed by atoms with Crippen LogP contribution in [0.15, 0.2) is 48.5 Å². The fraction of sp³-hybridized carbons (Fsp3) is 0.350. The smallest absolute Gasteiger partial charge is 0.246 e. The predicted octanol–water partition coefficient (Wildman–Crippen LogP) is 3.14. The molecule has 0 aliphatic rings. The molecule has 0 saturated heterocycles. The van der Waals surface area contributed by atoms with Gasteiger partial charge < -0.3 is 19.5 Å². The number of ether oxygens (including phenoxy) is 3. The lowest BCUT2D eigenvalue weighted by atomic mass is 10.1. The first-order valence-electron chi connectivity index (χ1n) is 8.27. The summed E-state index contributed by atoms with van der Waals surface area (Å²) in [6.45, 7) is 2.46. The third kappa shape index (κ3) is 5.80. The number of methoxy groups -OCH3 is 2. The Balaban J connectivity index is 1.79. The SMILES string of the molecule is COc1ccc(C(C)NC(=O)COCCc2ccccc2)c(OC)c1. The van der Waals surface area contributed by atoms with E-state index >= 15 is 0 Å². The normalized spacial score (nSPS) is 11.6. The van der Waals surface area contributed by atoms with Crippen molar-refractivity contribution < 1.29 is 19.0 Å². The van der Waals surface area contributed by atoms with E-state index in [4.69, 9.17) is 14.2 Å². The van der Waals surface area contributed by atoms with Gasteiger partial charge in [0.2, 0.25) is 5.91 Å². The number of amides is 1. The van der Waals surface area contributed by atoms with Gasteiger partial charge in [-0.1, -0.05) is 30.3 Å². The zero-order valence-electron chi connectivity index (χ0n) is 15.0. The molecule has 2 rings (SSSR count). The molecule has 0 saturated carbocycles. The van der Waals surface area contributed by atoms with Gasteiger partial charge in [0.1, 0.15) is 18.1 Å². The fourth-order valence-electron chi connectivity index (χ4n) is 2.54. The van der Waals surface area contributed by atoms with Crippen LogP contribution in [0, 0.1) is 0 Å². The lowest BCUT2D eigenvalue weighted by molar-refractivity contribution is -0.126. The molecule has 1 unspecified atom stereocenters. The van der Waals surface area contributed by atoms with Crippen molar-refractivity contribution in [3.63, 3.8) is 0 Å². The van der Waals surface area contributed by atoms with E-state index in [1.807, 2.05) is 49.4 Å². The standard InChI is InChI=1S/C20H25NO4/c1-15(18-10-9-17(23-2)13-19(18)24-3)21-20(22)14-25-12-11-16-7-5-4-6-8-16/h4-10,13,15H,11-12,14H2,1-3H3,(H,21,22). The monoisotopic (exact) mass is 343 g/mol. The largest absolute Gasteiger partial charge is 0.497 e. The zero-order chi connectivity index (χ0) is 18.1. The van der Waals surface area contributed by atoms with Crippen LogP contribution >= 0.6 is 0 Å². The van der Waals surface area contributed by atoms with Gasteiger partial charge >= 0.3 is 0 Å². The fourth-order valence-corrected chi connectivity index (χ4v) is 2.54. The van der Waals surface area contributed by atoms with Crippen LogP contribution < -0.4 is 14.8 Å². The number of carbonyl (C=O) groups excluding carboxylic acids is 1. The number of carbonyl (C=O) groups is 1. The Labute approximate surface area is 148 Å². The third-order valence-electron chi connectivity index (χ3n) is 3.90. The minimum Gasteiger partial charge on any atom is -0.497 e. The minimum absolute atomic E-state index is 0.0373. The zero-order valence-corrected chi connectivity index (χ0v) is 15.0. The summed E-state index contributed by atoms with van der Waals surface area (Å²) in [7, 11) is 3.20. The van der Waals surface area contributed by atoms with Crippen molar-refractivity contribution in [2.24, 2.45) is 0 Å². The van der Waals surface area contributed by atoms with Crippen LogP contribution in [0.1, 0.15) is 24.1 Å². The van der Waals surface area contributed by atoms with Crippen molar-refractivity contribution in [3.8, 4) is 11.5 Å². The van der Waals surface area contributed by atoms with Gasteiger partial charge in [-0.15, -0.1) is 0 Å². The van der Waals surface area contributed by atoms with E-state index in [-0.39, 0.29) is 18.6 Å². The lowest BCUT2D eigenvalue weighted by Gasteiger charge is -2.18. The van der Waals surface area contributed by atoms with Gasteiger partial charge in [0.25, 0.3) is 0 Å². The molecule has 0 radical (unpaired) electrons. The molecule has 25 heavy (non-hydrogen) atoms. The molecule has 0 bridgehead atoms. The Kier molecular flexibility index (Phi) is 7.29. The molecular formula is C20H25NO4. The summed E-state index contributed by atoms with van der Waals surface area (Å²) in [6.07, 6.45) is 0.788. The van der Waals surface area contributed by atoms with Crippen LogP contribution in [-0.2, 0) is 16.0 Å². The maximum absolute atomic E-state index is 12.1. The van der Waals surface area contributed by atoms with Gasteiger partial charge in [0.15, 0.2) is 0 Å². The van der Waals surface area contributed by atoms with Gasteiger partial charge in [-0.05, 0) is 31.0 Å². The summed E-state index contributed by atoms with van der Waals surface area (Å²) in [5.41, 5.74) is 2.08. The highest BCUT2D eigenvalue weighted by Gasteiger charge is 2.15. The maximum Gasteiger partial charge on any atom is 0.246 e. The van der Waals surface area contributed by atoms with Crippen molar-refractivity contribution in [1.82, 2.24) is 5.32 Å². The average Bonchev–Trinajstić information content (AvgIpc) is 2.65. The van der Waals surface area contributed by atoms with E-state index in [9.17, 15) is 4.79 Å². The number of rotatable bonds is 9. The topological polar surface area (TPSA) is 56.8 Å². The molecule has 1 N–H and O–H groups in total. The maximum atomic E-state index is 12.1. The van der Waals surface area contributed by atoms with Crippen LogP contribution in [-0.4, -0.2) is 33.3 Å². The molecule has 1 atom stereocenters. The van der Waals surface area contributed by atoms with Crippen LogP contribution in [0.25, 0.3) is 0 Å². The predicted molar refractivity (Wildman–Crippen MR) is 97.1 cm³/mol. The molecule has 2 aromatic rings. The van der Waals surface area contributed by atoms with Crippen LogP contribution in [0.2, 0.25) is 0 Å². The van der Waals surface area contributed by atoms with Crippen molar-refractivity contribution in [2.75, 3.05) is 27.4 Å². The summed E-state index contributed by atoms with van der Waals surface area (Å²) in [5, 5.41) is 2.92.